The molecule has 0 bridgehead atoms. The lowest BCUT2D eigenvalue weighted by atomic mass is 10.2. The molecule has 2 amide bonds. The molecule has 0 saturated carbocycles. The second kappa shape index (κ2) is 11.9. The van der Waals surface area contributed by atoms with Crippen LogP contribution in [0.1, 0.15) is 11.1 Å². The van der Waals surface area contributed by atoms with E-state index in [0.29, 0.717) is 38.5 Å². The van der Waals surface area contributed by atoms with Crippen molar-refractivity contribution in [3.63, 3.8) is 0 Å². The molecule has 0 aliphatic carbocycles. The van der Waals surface area contributed by atoms with Crippen LogP contribution in [0, 0.1) is 0 Å². The van der Waals surface area contributed by atoms with Gasteiger partial charge in [-0.3, -0.25) is 9.59 Å². The molecular formula is C24H21Cl2N3O5. The number of methoxy groups -OCH3 is 2. The maximum Gasteiger partial charge on any atom is 0.329 e. The number of halogens is 2. The van der Waals surface area contributed by atoms with Crippen LogP contribution in [0.5, 0.6) is 17.2 Å². The fourth-order valence-electron chi connectivity index (χ4n) is 2.76. The van der Waals surface area contributed by atoms with E-state index in [1.54, 1.807) is 54.6 Å². The first-order valence-corrected chi connectivity index (χ1v) is 10.7. The Morgan fingerprint density at radius 2 is 1.65 bits per heavy atom. The molecule has 0 heterocycles. The molecule has 3 aromatic rings. The predicted octanol–water partition coefficient (Wildman–Crippen LogP) is 4.68. The molecule has 0 saturated heterocycles. The Morgan fingerprint density at radius 3 is 2.32 bits per heavy atom. The van der Waals surface area contributed by atoms with E-state index in [1.807, 2.05) is 0 Å². The van der Waals surface area contributed by atoms with Gasteiger partial charge in [-0.25, -0.2) is 5.43 Å². The average Bonchev–Trinajstić information content (AvgIpc) is 2.84. The summed E-state index contributed by atoms with van der Waals surface area (Å²) < 4.78 is 16.0. The van der Waals surface area contributed by atoms with Crippen molar-refractivity contribution in [2.75, 3.05) is 19.5 Å². The van der Waals surface area contributed by atoms with Crippen molar-refractivity contribution >= 4 is 46.9 Å². The lowest BCUT2D eigenvalue weighted by Crippen LogP contribution is -2.32. The Bertz CT molecular complexity index is 1200. The minimum absolute atomic E-state index is 0.284. The van der Waals surface area contributed by atoms with Crippen molar-refractivity contribution in [1.29, 1.82) is 0 Å². The summed E-state index contributed by atoms with van der Waals surface area (Å²) in [5.41, 5.74) is 3.97. The van der Waals surface area contributed by atoms with Gasteiger partial charge in [0.15, 0.2) is 0 Å². The molecule has 0 aliphatic heterocycles. The highest BCUT2D eigenvalue weighted by atomic mass is 35.5. The molecule has 3 aromatic carbocycles. The van der Waals surface area contributed by atoms with E-state index in [4.69, 9.17) is 37.4 Å². The number of carbonyl (C=O) groups is 2. The van der Waals surface area contributed by atoms with Crippen molar-refractivity contribution in [3.05, 3.63) is 81.8 Å². The third-order valence-corrected chi connectivity index (χ3v) is 5.12. The summed E-state index contributed by atoms with van der Waals surface area (Å²) in [5, 5.41) is 7.36. The number of ether oxygens (including phenoxy) is 3. The summed E-state index contributed by atoms with van der Waals surface area (Å²) >= 11 is 12.0. The number of amides is 2. The van der Waals surface area contributed by atoms with Gasteiger partial charge in [-0.05, 0) is 54.1 Å². The van der Waals surface area contributed by atoms with E-state index < -0.39 is 11.8 Å². The van der Waals surface area contributed by atoms with Crippen molar-refractivity contribution in [2.45, 2.75) is 6.61 Å². The van der Waals surface area contributed by atoms with Gasteiger partial charge in [0, 0.05) is 21.7 Å². The van der Waals surface area contributed by atoms with Crippen LogP contribution in [-0.2, 0) is 16.2 Å². The van der Waals surface area contributed by atoms with Crippen LogP contribution in [-0.4, -0.2) is 32.2 Å². The third-order valence-electron chi connectivity index (χ3n) is 4.53. The van der Waals surface area contributed by atoms with Gasteiger partial charge in [0.25, 0.3) is 0 Å². The van der Waals surface area contributed by atoms with Crippen LogP contribution >= 0.6 is 23.2 Å². The van der Waals surface area contributed by atoms with Crippen molar-refractivity contribution in [3.8, 4) is 17.2 Å². The first-order chi connectivity index (χ1) is 16.4. The van der Waals surface area contributed by atoms with Gasteiger partial charge in [-0.15, -0.1) is 0 Å². The zero-order valence-corrected chi connectivity index (χ0v) is 19.8. The van der Waals surface area contributed by atoms with Crippen LogP contribution in [0.2, 0.25) is 10.0 Å². The molecule has 0 atom stereocenters. The Labute approximate surface area is 206 Å². The number of nitrogens with one attached hydrogen (secondary N) is 2. The third kappa shape index (κ3) is 6.87. The molecule has 0 unspecified atom stereocenters. The number of benzene rings is 3. The largest absolute Gasteiger partial charge is 0.497 e. The summed E-state index contributed by atoms with van der Waals surface area (Å²) in [6.07, 6.45) is 1.40. The minimum atomic E-state index is -0.944. The topological polar surface area (TPSA) is 98.2 Å². The van der Waals surface area contributed by atoms with E-state index in [1.165, 1.54) is 26.5 Å². The molecule has 176 valence electrons. The van der Waals surface area contributed by atoms with E-state index >= 15 is 0 Å². The van der Waals surface area contributed by atoms with Crippen molar-refractivity contribution < 1.29 is 23.8 Å². The lowest BCUT2D eigenvalue weighted by Gasteiger charge is -2.11. The molecule has 0 spiro atoms. The quantitative estimate of drug-likeness (QED) is 0.265. The van der Waals surface area contributed by atoms with Gasteiger partial charge >= 0.3 is 11.8 Å². The number of hydrogen-bond acceptors (Lipinski definition) is 6. The summed E-state index contributed by atoms with van der Waals surface area (Å²) in [4.78, 5) is 24.2. The second-order valence-electron chi connectivity index (χ2n) is 6.81. The van der Waals surface area contributed by atoms with E-state index in [2.05, 4.69) is 15.8 Å². The van der Waals surface area contributed by atoms with E-state index in [0.717, 1.165) is 5.56 Å². The SMILES string of the molecule is COc1ccc(OC)c(NC(=O)C(=O)NN=Cc2ccc(OCc3ccc(Cl)cc3Cl)cc2)c1. The number of nitrogens with zero attached hydrogens (tertiary/aromatic N) is 1. The van der Waals surface area contributed by atoms with Crippen LogP contribution in [0.25, 0.3) is 0 Å². The molecule has 0 fully saturated rings. The maximum atomic E-state index is 12.2. The van der Waals surface area contributed by atoms with Gasteiger partial charge in [-0.1, -0.05) is 29.3 Å². The van der Waals surface area contributed by atoms with Gasteiger partial charge in [0.2, 0.25) is 0 Å². The lowest BCUT2D eigenvalue weighted by molar-refractivity contribution is -0.136. The van der Waals surface area contributed by atoms with E-state index in [-0.39, 0.29) is 6.61 Å². The first-order valence-electron chi connectivity index (χ1n) is 9.93. The predicted molar refractivity (Wildman–Crippen MR) is 131 cm³/mol. The Kier molecular flexibility index (Phi) is 8.73. The molecule has 0 radical (unpaired) electrons. The number of hydrogen-bond donors (Lipinski definition) is 2. The van der Waals surface area contributed by atoms with Gasteiger partial charge in [0.05, 0.1) is 26.1 Å². The van der Waals surface area contributed by atoms with E-state index in [9.17, 15) is 9.59 Å². The molecule has 8 nitrogen and oxygen atoms in total. The summed E-state index contributed by atoms with van der Waals surface area (Å²) in [5.74, 6) is -0.350. The maximum absolute atomic E-state index is 12.2. The van der Waals surface area contributed by atoms with Crippen LogP contribution in [0.15, 0.2) is 65.8 Å². The van der Waals surface area contributed by atoms with Crippen molar-refractivity contribution in [2.24, 2.45) is 5.10 Å². The number of hydrazone groups is 1. The molecular weight excluding hydrogens is 481 g/mol. The van der Waals surface area contributed by atoms with Crippen LogP contribution in [0.4, 0.5) is 5.69 Å². The summed E-state index contributed by atoms with van der Waals surface area (Å²) in [7, 11) is 2.94. The fourth-order valence-corrected chi connectivity index (χ4v) is 3.22. The highest BCUT2D eigenvalue weighted by Gasteiger charge is 2.16. The molecule has 0 aromatic heterocycles. The molecule has 10 heteroatoms. The number of carbonyl (C=O) groups excluding carboxylic acids is 2. The Balaban J connectivity index is 1.51. The normalized spacial score (nSPS) is 10.6. The zero-order chi connectivity index (χ0) is 24.5. The number of anilines is 1. The monoisotopic (exact) mass is 501 g/mol. The number of rotatable bonds is 8. The second-order valence-corrected chi connectivity index (χ2v) is 7.66. The first kappa shape index (κ1) is 24.9. The van der Waals surface area contributed by atoms with Gasteiger partial charge in [0.1, 0.15) is 23.9 Å². The van der Waals surface area contributed by atoms with Crippen molar-refractivity contribution in [1.82, 2.24) is 5.43 Å². The highest BCUT2D eigenvalue weighted by Crippen LogP contribution is 2.28. The Hall–Kier alpha value is -3.75. The molecule has 2 N–H and O–H groups in total. The molecule has 0 aliphatic rings. The Morgan fingerprint density at radius 1 is 0.912 bits per heavy atom. The minimum Gasteiger partial charge on any atom is -0.497 e. The highest BCUT2D eigenvalue weighted by molar-refractivity contribution is 6.39. The fraction of sp³-hybridized carbons (Fsp3) is 0.125. The summed E-state index contributed by atoms with van der Waals surface area (Å²) in [6.45, 7) is 0.284. The standard InChI is InChI=1S/C24H21Cl2N3O5/c1-32-19-9-10-22(33-2)21(12-19)28-23(30)24(31)29-27-13-15-3-7-18(8-4-15)34-14-16-5-6-17(25)11-20(16)26/h3-13H,14H2,1-2H3,(H,28,30)(H,29,31). The van der Waals surface area contributed by atoms with Crippen LogP contribution in [0.3, 0.4) is 0 Å². The summed E-state index contributed by atoms with van der Waals surface area (Å²) in [6, 6.07) is 17.0. The van der Waals surface area contributed by atoms with Gasteiger partial charge in [-0.2, -0.15) is 5.10 Å². The average molecular weight is 502 g/mol. The molecule has 3 rings (SSSR count). The smallest absolute Gasteiger partial charge is 0.329 e. The zero-order valence-electron chi connectivity index (χ0n) is 18.3. The molecule has 34 heavy (non-hydrogen) atoms. The van der Waals surface area contributed by atoms with Crippen LogP contribution < -0.4 is 25.0 Å². The van der Waals surface area contributed by atoms with Gasteiger partial charge < -0.3 is 19.5 Å².